The van der Waals surface area contributed by atoms with Crippen LogP contribution in [0, 0.1) is 12.7 Å². The van der Waals surface area contributed by atoms with E-state index in [0.717, 1.165) is 41.5 Å². The molecule has 1 heterocycles. The Kier molecular flexibility index (Phi) is 6.04. The van der Waals surface area contributed by atoms with Gasteiger partial charge in [0.25, 0.3) is 0 Å². The van der Waals surface area contributed by atoms with Gasteiger partial charge in [-0.15, -0.1) is 4.68 Å². The predicted molar refractivity (Wildman–Crippen MR) is 114 cm³/mol. The summed E-state index contributed by atoms with van der Waals surface area (Å²) in [5.74, 6) is 6.04. The first-order valence-electron chi connectivity index (χ1n) is 10.2. The number of hydrogen-bond acceptors (Lipinski definition) is 2. The lowest BCUT2D eigenvalue weighted by atomic mass is 9.90. The molecule has 1 atom stereocenters. The van der Waals surface area contributed by atoms with Crippen LogP contribution in [0.4, 0.5) is 10.1 Å². The zero-order chi connectivity index (χ0) is 20.4. The molecule has 4 N–H and O–H groups in total. The third kappa shape index (κ3) is 3.90. The van der Waals surface area contributed by atoms with Crippen LogP contribution < -0.4 is 16.0 Å². The number of anilines is 1. The number of hydrazine groups is 1. The summed E-state index contributed by atoms with van der Waals surface area (Å²) in [4.78, 5) is 0. The van der Waals surface area contributed by atoms with Crippen molar-refractivity contribution in [1.82, 2.24) is 5.10 Å². The van der Waals surface area contributed by atoms with Gasteiger partial charge >= 0.3 is 0 Å². The van der Waals surface area contributed by atoms with Gasteiger partial charge in [-0.25, -0.2) is 4.39 Å². The molecule has 0 amide bonds. The minimum atomic E-state index is -0.144. The molecule has 0 radical (unpaired) electrons. The Labute approximate surface area is 166 Å². The van der Waals surface area contributed by atoms with Gasteiger partial charge in [-0.2, -0.15) is 5.10 Å². The molecule has 1 unspecified atom stereocenters. The molecule has 3 aromatic rings. The van der Waals surface area contributed by atoms with E-state index in [0.29, 0.717) is 5.92 Å². The first-order valence-corrected chi connectivity index (χ1v) is 10.2. The smallest absolute Gasteiger partial charge is 0.203 e. The van der Waals surface area contributed by atoms with Crippen LogP contribution in [0.5, 0.6) is 0 Å². The van der Waals surface area contributed by atoms with Crippen LogP contribution in [0.25, 0.3) is 10.9 Å². The maximum absolute atomic E-state index is 14.3. The first-order chi connectivity index (χ1) is 13.3. The lowest BCUT2D eigenvalue weighted by Crippen LogP contribution is -2.37. The van der Waals surface area contributed by atoms with E-state index in [1.54, 1.807) is 6.07 Å². The number of nitrogens with one attached hydrogen (secondary N) is 2. The Morgan fingerprint density at radius 3 is 2.57 bits per heavy atom. The van der Waals surface area contributed by atoms with E-state index in [-0.39, 0.29) is 11.7 Å². The maximum atomic E-state index is 14.3. The van der Waals surface area contributed by atoms with E-state index < -0.39 is 0 Å². The molecular formula is C23H32FN4+. The summed E-state index contributed by atoms with van der Waals surface area (Å²) in [6.45, 7) is 11.4. The fraction of sp³-hybridized carbons (Fsp3) is 0.435. The SMILES string of the molecule is CCCc1c(NN)ccc(C(C)C[n+]2cc3cc(C(C)C)c(F)cc3[nH]2)c1C. The Balaban J connectivity index is 1.90. The van der Waals surface area contributed by atoms with E-state index in [9.17, 15) is 4.39 Å². The van der Waals surface area contributed by atoms with Crippen molar-refractivity contribution < 1.29 is 9.07 Å². The van der Waals surface area contributed by atoms with Crippen LogP contribution in [0.2, 0.25) is 0 Å². The van der Waals surface area contributed by atoms with Crippen LogP contribution in [0.3, 0.4) is 0 Å². The second-order valence-corrected chi connectivity index (χ2v) is 8.11. The number of H-pyrrole nitrogens is 1. The third-order valence-electron chi connectivity index (χ3n) is 5.65. The Hall–Kier alpha value is -2.40. The van der Waals surface area contributed by atoms with Gasteiger partial charge in [-0.05, 0) is 53.6 Å². The van der Waals surface area contributed by atoms with E-state index >= 15 is 0 Å². The van der Waals surface area contributed by atoms with Gasteiger partial charge in [-0.1, -0.05) is 40.2 Å². The highest BCUT2D eigenvalue weighted by Crippen LogP contribution is 2.29. The van der Waals surface area contributed by atoms with E-state index in [2.05, 4.69) is 54.3 Å². The number of rotatable bonds is 7. The van der Waals surface area contributed by atoms with Gasteiger partial charge in [0.05, 0.1) is 11.1 Å². The second kappa shape index (κ2) is 8.31. The van der Waals surface area contributed by atoms with Gasteiger partial charge in [0.15, 0.2) is 6.54 Å². The summed E-state index contributed by atoms with van der Waals surface area (Å²) in [6, 6.07) is 7.80. The number of nitrogens with two attached hydrogens (primary N) is 1. The van der Waals surface area contributed by atoms with Crippen molar-refractivity contribution in [3.63, 3.8) is 0 Å². The number of hydrogen-bond donors (Lipinski definition) is 3. The highest BCUT2D eigenvalue weighted by atomic mass is 19.1. The largest absolute Gasteiger partial charge is 0.324 e. The number of fused-ring (bicyclic) bond motifs is 1. The average Bonchev–Trinajstić information content (AvgIpc) is 3.03. The van der Waals surface area contributed by atoms with Crippen LogP contribution in [-0.2, 0) is 13.0 Å². The molecule has 0 bridgehead atoms. The molecule has 0 saturated carbocycles. The molecule has 0 spiro atoms. The Morgan fingerprint density at radius 2 is 1.93 bits per heavy atom. The van der Waals surface area contributed by atoms with Crippen molar-refractivity contribution >= 4 is 16.6 Å². The lowest BCUT2D eigenvalue weighted by Gasteiger charge is -2.18. The lowest BCUT2D eigenvalue weighted by molar-refractivity contribution is -0.750. The van der Waals surface area contributed by atoms with Crippen molar-refractivity contribution in [3.05, 3.63) is 58.5 Å². The molecule has 150 valence electrons. The van der Waals surface area contributed by atoms with Crippen molar-refractivity contribution in [1.29, 1.82) is 0 Å². The molecule has 0 aliphatic rings. The number of benzene rings is 2. The van der Waals surface area contributed by atoms with Gasteiger partial charge in [0.1, 0.15) is 11.3 Å². The van der Waals surface area contributed by atoms with Crippen LogP contribution in [0.15, 0.2) is 30.5 Å². The summed E-state index contributed by atoms with van der Waals surface area (Å²) in [6.07, 6.45) is 4.16. The van der Waals surface area contributed by atoms with Crippen molar-refractivity contribution in [2.75, 3.05) is 5.43 Å². The van der Waals surface area contributed by atoms with Gasteiger partial charge in [0, 0.05) is 12.0 Å². The van der Waals surface area contributed by atoms with Crippen LogP contribution >= 0.6 is 0 Å². The van der Waals surface area contributed by atoms with Crippen molar-refractivity contribution in [3.8, 4) is 0 Å². The molecule has 2 aromatic carbocycles. The molecule has 3 rings (SSSR count). The highest BCUT2D eigenvalue weighted by molar-refractivity contribution is 5.77. The Bertz CT molecular complexity index is 974. The molecule has 0 fully saturated rings. The monoisotopic (exact) mass is 383 g/mol. The fourth-order valence-electron chi connectivity index (χ4n) is 4.12. The second-order valence-electron chi connectivity index (χ2n) is 8.11. The summed E-state index contributed by atoms with van der Waals surface area (Å²) < 4.78 is 16.4. The highest BCUT2D eigenvalue weighted by Gasteiger charge is 2.20. The summed E-state index contributed by atoms with van der Waals surface area (Å²) in [7, 11) is 0. The number of nitrogens with zero attached hydrogens (tertiary/aromatic N) is 1. The van der Waals surface area contributed by atoms with Crippen LogP contribution in [0.1, 0.15) is 68.2 Å². The summed E-state index contributed by atoms with van der Waals surface area (Å²) >= 11 is 0. The fourth-order valence-corrected chi connectivity index (χ4v) is 4.12. The third-order valence-corrected chi connectivity index (χ3v) is 5.65. The molecule has 28 heavy (non-hydrogen) atoms. The van der Waals surface area contributed by atoms with E-state index in [1.165, 1.54) is 16.7 Å². The number of halogens is 1. The summed E-state index contributed by atoms with van der Waals surface area (Å²) in [5, 5.41) is 4.37. The molecule has 0 aliphatic heterocycles. The van der Waals surface area contributed by atoms with Gasteiger partial charge in [0.2, 0.25) is 6.20 Å². The molecule has 0 aliphatic carbocycles. The molecular weight excluding hydrogens is 351 g/mol. The topological polar surface area (TPSA) is 57.7 Å². The minimum Gasteiger partial charge on any atom is -0.324 e. The van der Waals surface area contributed by atoms with Crippen molar-refractivity contribution in [2.45, 2.75) is 65.8 Å². The zero-order valence-electron chi connectivity index (χ0n) is 17.6. The number of aromatic nitrogens is 2. The van der Waals surface area contributed by atoms with Crippen LogP contribution in [-0.4, -0.2) is 5.10 Å². The number of aromatic amines is 1. The zero-order valence-corrected chi connectivity index (χ0v) is 17.6. The average molecular weight is 384 g/mol. The van der Waals surface area contributed by atoms with E-state index in [1.807, 2.05) is 19.9 Å². The molecule has 1 aromatic heterocycles. The predicted octanol–water partition coefficient (Wildman–Crippen LogP) is 5.07. The quantitative estimate of drug-likeness (QED) is 0.303. The minimum absolute atomic E-state index is 0.144. The molecule has 0 saturated heterocycles. The van der Waals surface area contributed by atoms with Crippen molar-refractivity contribution in [2.24, 2.45) is 5.84 Å². The molecule has 4 nitrogen and oxygen atoms in total. The molecule has 5 heteroatoms. The number of nitrogen functional groups attached to an aromatic ring is 1. The van der Waals surface area contributed by atoms with Gasteiger partial charge < -0.3 is 5.43 Å². The first kappa shape index (κ1) is 20.3. The normalized spacial score (nSPS) is 12.7. The Morgan fingerprint density at radius 1 is 1.18 bits per heavy atom. The van der Waals surface area contributed by atoms with Gasteiger partial charge in [-0.3, -0.25) is 5.84 Å². The van der Waals surface area contributed by atoms with E-state index in [4.69, 9.17) is 5.84 Å². The standard InChI is InChI=1S/C23H31FN4/c1-6-7-19-16(5)18(8-9-22(19)26-25)15(4)12-28-13-17-10-20(14(2)3)21(24)11-23(17)27-28/h8-11,13-15,26H,6-7,12,25H2,1-5H3/p+1. The summed E-state index contributed by atoms with van der Waals surface area (Å²) in [5.41, 5.74) is 9.34. The maximum Gasteiger partial charge on any atom is 0.203 e.